The fraction of sp³-hybridized carbons (Fsp3) is 0.148. The SMILES string of the molecule is CCOc1ccc(N2C(=O)/C(=C/c3cc(Cl)c(OCC(=O)Nc4ccccc4Cl)c(OC)c3)SC2=S)cc1. The zero-order valence-electron chi connectivity index (χ0n) is 20.3. The summed E-state index contributed by atoms with van der Waals surface area (Å²) in [6.45, 7) is 2.13. The van der Waals surface area contributed by atoms with E-state index in [2.05, 4.69) is 5.32 Å². The Balaban J connectivity index is 1.49. The number of thioether (sulfide) groups is 1. The highest BCUT2D eigenvalue weighted by molar-refractivity contribution is 8.27. The zero-order valence-corrected chi connectivity index (χ0v) is 23.5. The molecule has 11 heteroatoms. The molecule has 0 unspecified atom stereocenters. The molecule has 4 rings (SSSR count). The van der Waals surface area contributed by atoms with Crippen LogP contribution in [0.15, 0.2) is 65.6 Å². The number of methoxy groups -OCH3 is 1. The molecule has 1 heterocycles. The minimum atomic E-state index is -0.418. The predicted octanol–water partition coefficient (Wildman–Crippen LogP) is 6.82. The van der Waals surface area contributed by atoms with Gasteiger partial charge in [-0.3, -0.25) is 14.5 Å². The normalized spacial score (nSPS) is 14.1. The van der Waals surface area contributed by atoms with Crippen LogP contribution in [0.25, 0.3) is 6.08 Å². The quantitative estimate of drug-likeness (QED) is 0.217. The van der Waals surface area contributed by atoms with E-state index in [1.807, 2.05) is 6.92 Å². The van der Waals surface area contributed by atoms with E-state index in [-0.39, 0.29) is 23.3 Å². The van der Waals surface area contributed by atoms with Crippen molar-refractivity contribution in [1.82, 2.24) is 0 Å². The maximum absolute atomic E-state index is 13.2. The second-order valence-corrected chi connectivity index (χ2v) is 10.3. The Morgan fingerprint density at radius 2 is 1.82 bits per heavy atom. The topological polar surface area (TPSA) is 77.1 Å². The van der Waals surface area contributed by atoms with Crippen LogP contribution in [0.3, 0.4) is 0 Å². The predicted molar refractivity (Wildman–Crippen MR) is 157 cm³/mol. The van der Waals surface area contributed by atoms with E-state index in [1.165, 1.54) is 23.8 Å². The van der Waals surface area contributed by atoms with Gasteiger partial charge < -0.3 is 19.5 Å². The Kier molecular flexibility index (Phi) is 9.17. The van der Waals surface area contributed by atoms with Gasteiger partial charge in [0.2, 0.25) is 0 Å². The third-order valence-corrected chi connectivity index (χ3v) is 7.16. The van der Waals surface area contributed by atoms with Crippen LogP contribution in [0.1, 0.15) is 12.5 Å². The molecule has 2 amide bonds. The molecular weight excluding hydrogens is 567 g/mol. The number of ether oxygens (including phenoxy) is 3. The molecule has 0 aliphatic carbocycles. The number of carbonyl (C=O) groups is 2. The smallest absolute Gasteiger partial charge is 0.270 e. The number of rotatable bonds is 9. The molecule has 1 aliphatic heterocycles. The standard InChI is InChI=1S/C27H22Cl2N2O5S2/c1-3-35-18-10-8-17(9-11-18)31-26(33)23(38-27(31)37)14-16-12-20(29)25(22(13-16)34-2)36-15-24(32)30-21-7-5-4-6-19(21)28/h4-14H,3,15H2,1-2H3,(H,30,32)/b23-14-. The van der Waals surface area contributed by atoms with Gasteiger partial charge in [0.15, 0.2) is 22.4 Å². The Bertz CT molecular complexity index is 1410. The number of amides is 2. The first-order valence-electron chi connectivity index (χ1n) is 11.4. The Labute approximate surface area is 239 Å². The summed E-state index contributed by atoms with van der Waals surface area (Å²) in [4.78, 5) is 27.4. The maximum atomic E-state index is 13.2. The third-order valence-electron chi connectivity index (χ3n) is 5.24. The van der Waals surface area contributed by atoms with Gasteiger partial charge in [0.1, 0.15) is 5.75 Å². The highest BCUT2D eigenvalue weighted by Gasteiger charge is 2.33. The van der Waals surface area contributed by atoms with Gasteiger partial charge in [0.25, 0.3) is 11.8 Å². The minimum absolute atomic E-state index is 0.197. The number of hydrogen-bond acceptors (Lipinski definition) is 7. The van der Waals surface area contributed by atoms with Crippen LogP contribution in [0.5, 0.6) is 17.2 Å². The molecule has 0 aromatic heterocycles. The molecule has 0 spiro atoms. The summed E-state index contributed by atoms with van der Waals surface area (Å²) in [6, 6.07) is 17.3. The first kappa shape index (κ1) is 27.8. The van der Waals surface area contributed by atoms with Crippen molar-refractivity contribution in [2.45, 2.75) is 6.92 Å². The summed E-state index contributed by atoms with van der Waals surface area (Å²) >= 11 is 19.2. The molecule has 0 saturated carbocycles. The number of hydrogen-bond donors (Lipinski definition) is 1. The summed E-state index contributed by atoms with van der Waals surface area (Å²) in [5.74, 6) is 0.538. The molecule has 38 heavy (non-hydrogen) atoms. The van der Waals surface area contributed by atoms with Crippen molar-refractivity contribution >= 4 is 80.8 Å². The van der Waals surface area contributed by atoms with Crippen molar-refractivity contribution in [3.05, 3.63) is 81.2 Å². The summed E-state index contributed by atoms with van der Waals surface area (Å²) in [6.07, 6.45) is 1.68. The molecule has 1 fully saturated rings. The molecule has 1 saturated heterocycles. The van der Waals surface area contributed by atoms with E-state index >= 15 is 0 Å². The number of para-hydroxylation sites is 1. The fourth-order valence-electron chi connectivity index (χ4n) is 3.55. The lowest BCUT2D eigenvalue weighted by Gasteiger charge is -2.15. The van der Waals surface area contributed by atoms with Crippen molar-refractivity contribution in [1.29, 1.82) is 0 Å². The number of anilines is 2. The van der Waals surface area contributed by atoms with Crippen molar-refractivity contribution < 1.29 is 23.8 Å². The number of nitrogens with one attached hydrogen (secondary N) is 1. The zero-order chi connectivity index (χ0) is 27.2. The van der Waals surface area contributed by atoms with Crippen LogP contribution in [0, 0.1) is 0 Å². The number of benzene rings is 3. The van der Waals surface area contributed by atoms with E-state index in [1.54, 1.807) is 66.7 Å². The number of nitrogens with zero attached hydrogens (tertiary/aromatic N) is 1. The number of halogens is 2. The maximum Gasteiger partial charge on any atom is 0.270 e. The van der Waals surface area contributed by atoms with Crippen LogP contribution < -0.4 is 24.4 Å². The first-order chi connectivity index (χ1) is 18.3. The molecule has 1 N–H and O–H groups in total. The second-order valence-electron chi connectivity index (χ2n) is 7.79. The summed E-state index contributed by atoms with van der Waals surface area (Å²) < 4.78 is 17.0. The van der Waals surface area contributed by atoms with E-state index in [4.69, 9.17) is 49.6 Å². The number of carbonyl (C=O) groups excluding carboxylic acids is 2. The lowest BCUT2D eigenvalue weighted by atomic mass is 10.1. The van der Waals surface area contributed by atoms with Gasteiger partial charge in [-0.15, -0.1) is 0 Å². The molecule has 3 aromatic rings. The average Bonchev–Trinajstić information content (AvgIpc) is 3.17. The molecular formula is C27H22Cl2N2O5S2. The third kappa shape index (κ3) is 6.42. The van der Waals surface area contributed by atoms with Crippen molar-refractivity contribution in [3.8, 4) is 17.2 Å². The molecule has 0 bridgehead atoms. The van der Waals surface area contributed by atoms with Crippen LogP contribution in [-0.2, 0) is 9.59 Å². The molecule has 196 valence electrons. The lowest BCUT2D eigenvalue weighted by Crippen LogP contribution is -2.27. The van der Waals surface area contributed by atoms with Gasteiger partial charge in [0.05, 0.1) is 40.0 Å². The van der Waals surface area contributed by atoms with Crippen LogP contribution in [0.2, 0.25) is 10.0 Å². The van der Waals surface area contributed by atoms with Crippen molar-refractivity contribution in [2.24, 2.45) is 0 Å². The summed E-state index contributed by atoms with van der Waals surface area (Å²) in [5.41, 5.74) is 1.72. The molecule has 1 aliphatic rings. The molecule has 0 atom stereocenters. The van der Waals surface area contributed by atoms with E-state index in [0.717, 1.165) is 0 Å². The lowest BCUT2D eigenvalue weighted by molar-refractivity contribution is -0.118. The molecule has 7 nitrogen and oxygen atoms in total. The summed E-state index contributed by atoms with van der Waals surface area (Å²) in [5, 5.41) is 3.30. The minimum Gasteiger partial charge on any atom is -0.494 e. The van der Waals surface area contributed by atoms with Crippen LogP contribution in [-0.4, -0.2) is 36.5 Å². The van der Waals surface area contributed by atoms with E-state index < -0.39 is 5.91 Å². The van der Waals surface area contributed by atoms with Gasteiger partial charge in [-0.05, 0) is 67.1 Å². The van der Waals surface area contributed by atoms with Gasteiger partial charge in [-0.1, -0.05) is 59.3 Å². The van der Waals surface area contributed by atoms with Gasteiger partial charge >= 0.3 is 0 Å². The molecule has 3 aromatic carbocycles. The monoisotopic (exact) mass is 588 g/mol. The number of thiocarbonyl (C=S) groups is 1. The highest BCUT2D eigenvalue weighted by atomic mass is 35.5. The van der Waals surface area contributed by atoms with Gasteiger partial charge in [-0.2, -0.15) is 0 Å². The first-order valence-corrected chi connectivity index (χ1v) is 13.3. The Hall–Kier alpha value is -3.24. The average molecular weight is 590 g/mol. The Morgan fingerprint density at radius 1 is 1.08 bits per heavy atom. The van der Waals surface area contributed by atoms with Crippen molar-refractivity contribution in [2.75, 3.05) is 30.5 Å². The Morgan fingerprint density at radius 3 is 2.50 bits per heavy atom. The van der Waals surface area contributed by atoms with Crippen LogP contribution in [0.4, 0.5) is 11.4 Å². The van der Waals surface area contributed by atoms with E-state index in [9.17, 15) is 9.59 Å². The molecule has 0 radical (unpaired) electrons. The largest absolute Gasteiger partial charge is 0.494 e. The van der Waals surface area contributed by atoms with E-state index in [0.29, 0.717) is 49.3 Å². The highest BCUT2D eigenvalue weighted by Crippen LogP contribution is 2.40. The fourth-order valence-corrected chi connectivity index (χ4v) is 5.31. The van der Waals surface area contributed by atoms with Crippen LogP contribution >= 0.6 is 47.2 Å². The summed E-state index contributed by atoms with van der Waals surface area (Å²) in [7, 11) is 1.46. The van der Waals surface area contributed by atoms with Crippen molar-refractivity contribution in [3.63, 3.8) is 0 Å². The second kappa shape index (κ2) is 12.5. The van der Waals surface area contributed by atoms with Gasteiger partial charge in [-0.25, -0.2) is 0 Å². The van der Waals surface area contributed by atoms with Gasteiger partial charge in [0, 0.05) is 0 Å².